The largest absolute Gasteiger partial charge is 0.394 e. The number of aromatic nitrogens is 1. The lowest BCUT2D eigenvalue weighted by atomic mass is 10.0. The fourth-order valence-electron chi connectivity index (χ4n) is 2.66. The van der Waals surface area contributed by atoms with Crippen molar-refractivity contribution in [1.82, 2.24) is 10.3 Å². The Hall–Kier alpha value is -3.24. The molecule has 4 nitrogen and oxygen atoms in total. The molecule has 1 aromatic heterocycles. The average Bonchev–Trinajstić information content (AvgIpc) is 2.72. The van der Waals surface area contributed by atoms with Gasteiger partial charge in [-0.3, -0.25) is 9.78 Å². The number of hydrogen-bond acceptors (Lipinski definition) is 3. The maximum Gasteiger partial charge on any atom is 0.244 e. The van der Waals surface area contributed by atoms with Crippen LogP contribution in [0.1, 0.15) is 17.2 Å². The minimum absolute atomic E-state index is 0.179. The Labute approximate surface area is 152 Å². The smallest absolute Gasteiger partial charge is 0.244 e. The van der Waals surface area contributed by atoms with Crippen LogP contribution in [-0.2, 0) is 4.79 Å². The number of nitrogens with zero attached hydrogens (tertiary/aromatic N) is 1. The van der Waals surface area contributed by atoms with Crippen LogP contribution in [0.2, 0.25) is 0 Å². The number of rotatable bonds is 6. The topological polar surface area (TPSA) is 62.2 Å². The van der Waals surface area contributed by atoms with Crippen LogP contribution in [0.15, 0.2) is 85.2 Å². The highest BCUT2D eigenvalue weighted by molar-refractivity contribution is 5.92. The summed E-state index contributed by atoms with van der Waals surface area (Å²) in [7, 11) is 0. The van der Waals surface area contributed by atoms with Crippen LogP contribution in [-0.4, -0.2) is 22.6 Å². The van der Waals surface area contributed by atoms with Crippen molar-refractivity contribution in [2.45, 2.75) is 6.04 Å². The van der Waals surface area contributed by atoms with Gasteiger partial charge < -0.3 is 10.4 Å². The summed E-state index contributed by atoms with van der Waals surface area (Å²) in [4.78, 5) is 16.3. The molecule has 0 saturated heterocycles. The maximum atomic E-state index is 12.2. The summed E-state index contributed by atoms with van der Waals surface area (Å²) >= 11 is 0. The number of amides is 1. The molecule has 0 fully saturated rings. The van der Waals surface area contributed by atoms with Gasteiger partial charge in [0, 0.05) is 18.5 Å². The van der Waals surface area contributed by atoms with E-state index in [0.717, 1.165) is 22.3 Å². The molecule has 0 aliphatic carbocycles. The lowest BCUT2D eigenvalue weighted by Gasteiger charge is -2.16. The summed E-state index contributed by atoms with van der Waals surface area (Å²) in [5, 5.41) is 12.6. The zero-order valence-corrected chi connectivity index (χ0v) is 14.2. The molecule has 0 bridgehead atoms. The Morgan fingerprint density at radius 3 is 2.58 bits per heavy atom. The molecule has 0 aliphatic heterocycles. The van der Waals surface area contributed by atoms with Crippen molar-refractivity contribution in [2.75, 3.05) is 6.61 Å². The summed E-state index contributed by atoms with van der Waals surface area (Å²) < 4.78 is 0. The second kappa shape index (κ2) is 8.74. The van der Waals surface area contributed by atoms with Gasteiger partial charge in [0.25, 0.3) is 0 Å². The second-order valence-electron chi connectivity index (χ2n) is 5.85. The van der Waals surface area contributed by atoms with E-state index in [4.69, 9.17) is 0 Å². The van der Waals surface area contributed by atoms with Crippen LogP contribution in [0.5, 0.6) is 0 Å². The van der Waals surface area contributed by atoms with Crippen molar-refractivity contribution in [3.05, 3.63) is 96.3 Å². The highest BCUT2D eigenvalue weighted by Crippen LogP contribution is 2.22. The monoisotopic (exact) mass is 344 g/mol. The first kappa shape index (κ1) is 17.6. The number of aliphatic hydroxyl groups excluding tert-OH is 1. The lowest BCUT2D eigenvalue weighted by molar-refractivity contribution is -0.117. The highest BCUT2D eigenvalue weighted by Gasteiger charge is 2.13. The second-order valence-corrected chi connectivity index (χ2v) is 5.85. The Morgan fingerprint density at radius 2 is 1.85 bits per heavy atom. The van der Waals surface area contributed by atoms with Crippen molar-refractivity contribution in [3.8, 4) is 11.1 Å². The van der Waals surface area contributed by atoms with Crippen molar-refractivity contribution in [1.29, 1.82) is 0 Å². The molecule has 1 heterocycles. The third kappa shape index (κ3) is 4.65. The van der Waals surface area contributed by atoms with Crippen LogP contribution < -0.4 is 5.32 Å². The Balaban J connectivity index is 1.73. The van der Waals surface area contributed by atoms with E-state index in [0.29, 0.717) is 0 Å². The van der Waals surface area contributed by atoms with E-state index < -0.39 is 6.04 Å². The molecule has 130 valence electrons. The molecule has 1 amide bonds. The van der Waals surface area contributed by atoms with Gasteiger partial charge >= 0.3 is 0 Å². The van der Waals surface area contributed by atoms with E-state index in [1.165, 1.54) is 6.08 Å². The summed E-state index contributed by atoms with van der Waals surface area (Å²) in [6, 6.07) is 20.7. The molecule has 2 aromatic carbocycles. The highest BCUT2D eigenvalue weighted by atomic mass is 16.3. The number of carbonyl (C=O) groups is 1. The Morgan fingerprint density at radius 1 is 1.04 bits per heavy atom. The molecule has 0 radical (unpaired) electrons. The number of carbonyl (C=O) groups excluding carboxylic acids is 1. The number of benzene rings is 2. The van der Waals surface area contributed by atoms with Crippen LogP contribution >= 0.6 is 0 Å². The van der Waals surface area contributed by atoms with Crippen molar-refractivity contribution in [2.24, 2.45) is 0 Å². The van der Waals surface area contributed by atoms with E-state index in [9.17, 15) is 9.90 Å². The van der Waals surface area contributed by atoms with Gasteiger partial charge in [0.2, 0.25) is 5.91 Å². The van der Waals surface area contributed by atoms with Crippen LogP contribution in [0.3, 0.4) is 0 Å². The van der Waals surface area contributed by atoms with Crippen LogP contribution in [0, 0.1) is 0 Å². The molecule has 3 aromatic rings. The average molecular weight is 344 g/mol. The molecule has 26 heavy (non-hydrogen) atoms. The predicted octanol–water partition coefficient (Wildman–Crippen LogP) is 3.61. The summed E-state index contributed by atoms with van der Waals surface area (Å²) in [6.07, 6.45) is 6.73. The molecule has 0 saturated carbocycles. The fourth-order valence-corrected chi connectivity index (χ4v) is 2.66. The normalized spacial score (nSPS) is 12.0. The standard InChI is InChI=1S/C22H20N2O2/c25-16-21(24-22(26)12-11-17-6-2-1-3-7-17)19-9-4-8-18(14-19)20-10-5-13-23-15-20/h1-15,21,25H,16H2,(H,24,26). The van der Waals surface area contributed by atoms with Gasteiger partial charge in [-0.15, -0.1) is 0 Å². The first-order valence-electron chi connectivity index (χ1n) is 8.41. The molecule has 1 atom stereocenters. The van der Waals surface area contributed by atoms with E-state index in [1.54, 1.807) is 18.5 Å². The van der Waals surface area contributed by atoms with Gasteiger partial charge in [0.1, 0.15) is 0 Å². The molecule has 3 rings (SSSR count). The molecule has 1 unspecified atom stereocenters. The van der Waals surface area contributed by atoms with E-state index in [1.807, 2.05) is 66.7 Å². The van der Waals surface area contributed by atoms with Crippen LogP contribution in [0.25, 0.3) is 17.2 Å². The minimum atomic E-state index is -0.473. The molecular weight excluding hydrogens is 324 g/mol. The van der Waals surface area contributed by atoms with Gasteiger partial charge in [-0.05, 0) is 40.5 Å². The van der Waals surface area contributed by atoms with E-state index in [2.05, 4.69) is 10.3 Å². The third-order valence-electron chi connectivity index (χ3n) is 4.01. The quantitative estimate of drug-likeness (QED) is 0.672. The van der Waals surface area contributed by atoms with E-state index in [-0.39, 0.29) is 12.5 Å². The number of nitrogens with one attached hydrogen (secondary N) is 1. The zero-order chi connectivity index (χ0) is 18.2. The predicted molar refractivity (Wildman–Crippen MR) is 103 cm³/mol. The van der Waals surface area contributed by atoms with Crippen molar-refractivity contribution < 1.29 is 9.90 Å². The number of pyridine rings is 1. The fraction of sp³-hybridized carbons (Fsp3) is 0.0909. The van der Waals surface area contributed by atoms with E-state index >= 15 is 0 Å². The van der Waals surface area contributed by atoms with Gasteiger partial charge in [0.05, 0.1) is 12.6 Å². The molecule has 4 heteroatoms. The molecule has 0 spiro atoms. The van der Waals surface area contributed by atoms with Crippen molar-refractivity contribution in [3.63, 3.8) is 0 Å². The first-order chi connectivity index (χ1) is 12.8. The van der Waals surface area contributed by atoms with Gasteiger partial charge in [-0.2, -0.15) is 0 Å². The summed E-state index contributed by atoms with van der Waals surface area (Å²) in [5.41, 5.74) is 3.77. The first-order valence-corrected chi connectivity index (χ1v) is 8.41. The van der Waals surface area contributed by atoms with Crippen molar-refractivity contribution >= 4 is 12.0 Å². The molecular formula is C22H20N2O2. The minimum Gasteiger partial charge on any atom is -0.394 e. The summed E-state index contributed by atoms with van der Waals surface area (Å²) in [6.45, 7) is -0.179. The van der Waals surface area contributed by atoms with Crippen LogP contribution in [0.4, 0.5) is 0 Å². The zero-order valence-electron chi connectivity index (χ0n) is 14.2. The van der Waals surface area contributed by atoms with Gasteiger partial charge in [0.15, 0.2) is 0 Å². The van der Waals surface area contributed by atoms with Gasteiger partial charge in [-0.1, -0.05) is 54.6 Å². The molecule has 2 N–H and O–H groups in total. The number of hydrogen-bond donors (Lipinski definition) is 2. The third-order valence-corrected chi connectivity index (χ3v) is 4.01. The maximum absolute atomic E-state index is 12.2. The number of aliphatic hydroxyl groups is 1. The Kier molecular flexibility index (Phi) is 5.91. The molecule has 0 aliphatic rings. The SMILES string of the molecule is O=C(C=Cc1ccccc1)NC(CO)c1cccc(-c2cccnc2)c1. The summed E-state index contributed by atoms with van der Waals surface area (Å²) in [5.74, 6) is -0.250. The van der Waals surface area contributed by atoms with Gasteiger partial charge in [-0.25, -0.2) is 0 Å². The Bertz CT molecular complexity index is 877. The lowest BCUT2D eigenvalue weighted by Crippen LogP contribution is -2.29.